The summed E-state index contributed by atoms with van der Waals surface area (Å²) in [5, 5.41) is 22.6. The van der Waals surface area contributed by atoms with Crippen molar-refractivity contribution in [2.24, 2.45) is 22.7 Å². The van der Waals surface area contributed by atoms with Crippen LogP contribution in [-0.4, -0.2) is 60.0 Å². The molecule has 1 aromatic rings. The number of carbonyl (C=O) groups excluding carboxylic acids is 1. The highest BCUT2D eigenvalue weighted by molar-refractivity contribution is 5.79. The van der Waals surface area contributed by atoms with Crippen molar-refractivity contribution in [2.75, 3.05) is 27.3 Å². The Morgan fingerprint density at radius 1 is 1.03 bits per heavy atom. The van der Waals surface area contributed by atoms with Crippen LogP contribution in [0.15, 0.2) is 41.5 Å². The molecule has 6 atom stereocenters. The number of carbonyl (C=O) groups is 1. The summed E-state index contributed by atoms with van der Waals surface area (Å²) in [6, 6.07) is 5.62. The van der Waals surface area contributed by atoms with Gasteiger partial charge in [-0.1, -0.05) is 50.1 Å². The predicted octanol–water partition coefficient (Wildman–Crippen LogP) is 5.46. The fourth-order valence-electron chi connectivity index (χ4n) is 8.51. The highest BCUT2D eigenvalue weighted by Crippen LogP contribution is 2.66. The topological polar surface area (TPSA) is 79.2 Å². The van der Waals surface area contributed by atoms with Crippen molar-refractivity contribution in [1.82, 2.24) is 4.90 Å². The van der Waals surface area contributed by atoms with Gasteiger partial charge in [0, 0.05) is 18.5 Å². The molecule has 2 N–H and O–H groups in total. The molecular weight excluding hydrogens is 490 g/mol. The van der Waals surface area contributed by atoms with Gasteiger partial charge in [0.05, 0.1) is 32.3 Å². The molecule has 1 aromatic carbocycles. The number of amides is 1. The van der Waals surface area contributed by atoms with E-state index in [4.69, 9.17) is 9.47 Å². The van der Waals surface area contributed by atoms with E-state index in [1.807, 2.05) is 23.1 Å². The summed E-state index contributed by atoms with van der Waals surface area (Å²) >= 11 is 0. The highest BCUT2D eigenvalue weighted by atomic mass is 16.5. The van der Waals surface area contributed by atoms with Gasteiger partial charge >= 0.3 is 0 Å². The Bertz CT molecular complexity index is 1160. The molecule has 1 amide bonds. The smallest absolute Gasteiger partial charge is 0.227 e. The number of hydrogen-bond donors (Lipinski definition) is 2. The Kier molecular flexibility index (Phi) is 7.66. The molecule has 6 nitrogen and oxygen atoms in total. The third-order valence-corrected chi connectivity index (χ3v) is 11.0. The van der Waals surface area contributed by atoms with Gasteiger partial charge in [-0.25, -0.2) is 0 Å². The molecule has 39 heavy (non-hydrogen) atoms. The summed E-state index contributed by atoms with van der Waals surface area (Å²) in [6.07, 6.45) is 11.9. The molecule has 0 radical (unpaired) electrons. The highest BCUT2D eigenvalue weighted by Gasteiger charge is 2.62. The Morgan fingerprint density at radius 3 is 2.49 bits per heavy atom. The van der Waals surface area contributed by atoms with Gasteiger partial charge in [-0.3, -0.25) is 4.79 Å². The number of hydrogen-bond acceptors (Lipinski definition) is 5. The molecule has 0 spiro atoms. The van der Waals surface area contributed by atoms with Gasteiger partial charge < -0.3 is 24.6 Å². The number of benzene rings is 1. The molecule has 0 aliphatic heterocycles. The van der Waals surface area contributed by atoms with Crippen molar-refractivity contribution < 1.29 is 24.5 Å². The maximum absolute atomic E-state index is 13.6. The number of methoxy groups -OCH3 is 2. The predicted molar refractivity (Wildman–Crippen MR) is 153 cm³/mol. The number of rotatable bonds is 8. The molecule has 214 valence electrons. The second-order valence-electron chi connectivity index (χ2n) is 13.0. The van der Waals surface area contributed by atoms with Crippen LogP contribution >= 0.6 is 0 Å². The van der Waals surface area contributed by atoms with Gasteiger partial charge in [0.25, 0.3) is 0 Å². The van der Waals surface area contributed by atoms with Crippen molar-refractivity contribution in [3.05, 3.63) is 47.1 Å². The first kappa shape index (κ1) is 28.2. The summed E-state index contributed by atoms with van der Waals surface area (Å²) < 4.78 is 10.8. The van der Waals surface area contributed by atoms with Crippen molar-refractivity contribution in [3.63, 3.8) is 0 Å². The summed E-state index contributed by atoms with van der Waals surface area (Å²) in [5.41, 5.74) is 2.72. The Labute approximate surface area is 234 Å². The van der Waals surface area contributed by atoms with Crippen LogP contribution < -0.4 is 9.47 Å². The quantitative estimate of drug-likeness (QED) is 0.460. The van der Waals surface area contributed by atoms with E-state index in [1.165, 1.54) is 11.1 Å². The van der Waals surface area contributed by atoms with Crippen molar-refractivity contribution in [3.8, 4) is 11.5 Å². The van der Waals surface area contributed by atoms with Crippen molar-refractivity contribution in [1.29, 1.82) is 0 Å². The van der Waals surface area contributed by atoms with Crippen LogP contribution in [-0.2, 0) is 11.2 Å². The van der Waals surface area contributed by atoms with E-state index in [2.05, 4.69) is 32.9 Å². The van der Waals surface area contributed by atoms with Crippen LogP contribution in [0.3, 0.4) is 0 Å². The Balaban J connectivity index is 1.36. The van der Waals surface area contributed by atoms with E-state index in [-0.39, 0.29) is 29.3 Å². The van der Waals surface area contributed by atoms with Crippen LogP contribution in [0, 0.1) is 22.7 Å². The number of ether oxygens (including phenoxy) is 2. The molecule has 0 bridgehead atoms. The van der Waals surface area contributed by atoms with E-state index < -0.39 is 5.60 Å². The fourth-order valence-corrected chi connectivity index (χ4v) is 8.51. The normalized spacial score (nSPS) is 35.2. The number of aliphatic hydroxyl groups is 2. The van der Waals surface area contributed by atoms with Gasteiger partial charge in [0.15, 0.2) is 11.5 Å². The zero-order valence-corrected chi connectivity index (χ0v) is 24.5. The third kappa shape index (κ3) is 4.72. The lowest BCUT2D eigenvalue weighted by atomic mass is 9.50. The van der Waals surface area contributed by atoms with Gasteiger partial charge in [0.1, 0.15) is 0 Å². The standard InChI is InChI=1S/C33H47NO5/c1-6-17-34(30(36)19-22-7-10-28(38-4)29(18-22)39-5)21-33(37)16-13-27-25-9-8-23-20-24(35)11-14-31(23,2)26(25)12-15-32(27,33)3/h7-10,18,24,26-27,35,37H,6,11-17,19-21H2,1-5H3/t24-,26-,27-,31-,32-,33+/m0/s1. The van der Waals surface area contributed by atoms with Crippen LogP contribution in [0.2, 0.25) is 0 Å². The first-order valence-electron chi connectivity index (χ1n) is 14.9. The van der Waals surface area contributed by atoms with E-state index in [9.17, 15) is 15.0 Å². The zero-order chi connectivity index (χ0) is 28.0. The first-order chi connectivity index (χ1) is 18.6. The lowest BCUT2D eigenvalue weighted by molar-refractivity contribution is -0.142. The third-order valence-electron chi connectivity index (χ3n) is 11.0. The van der Waals surface area contributed by atoms with Crippen LogP contribution in [0.1, 0.15) is 77.7 Å². The van der Waals surface area contributed by atoms with E-state index in [1.54, 1.807) is 14.2 Å². The zero-order valence-electron chi connectivity index (χ0n) is 24.5. The molecule has 5 rings (SSSR count). The minimum Gasteiger partial charge on any atom is -0.493 e. The minimum atomic E-state index is -0.917. The summed E-state index contributed by atoms with van der Waals surface area (Å²) in [4.78, 5) is 15.5. The lowest BCUT2D eigenvalue weighted by Gasteiger charge is -2.56. The van der Waals surface area contributed by atoms with Crippen LogP contribution in [0.25, 0.3) is 0 Å². The van der Waals surface area contributed by atoms with Crippen molar-refractivity contribution in [2.45, 2.75) is 90.3 Å². The first-order valence-corrected chi connectivity index (χ1v) is 14.9. The molecule has 3 saturated carbocycles. The summed E-state index contributed by atoms with van der Waals surface area (Å²) in [5.74, 6) is 2.11. The Hall–Kier alpha value is -2.31. The van der Waals surface area contributed by atoms with Crippen LogP contribution in [0.4, 0.5) is 0 Å². The largest absolute Gasteiger partial charge is 0.493 e. The molecule has 0 aromatic heterocycles. The molecule has 0 heterocycles. The summed E-state index contributed by atoms with van der Waals surface area (Å²) in [6.45, 7) is 7.78. The molecule has 6 heteroatoms. The van der Waals surface area contributed by atoms with Gasteiger partial charge in [0.2, 0.25) is 5.91 Å². The fraction of sp³-hybridized carbons (Fsp3) is 0.667. The number of aliphatic hydroxyl groups excluding tert-OH is 1. The molecule has 3 fully saturated rings. The second kappa shape index (κ2) is 10.6. The van der Waals surface area contributed by atoms with E-state index in [0.717, 1.165) is 50.5 Å². The molecule has 0 saturated heterocycles. The molecule has 4 aliphatic carbocycles. The second-order valence-corrected chi connectivity index (χ2v) is 13.0. The number of fused-ring (bicyclic) bond motifs is 5. The average molecular weight is 538 g/mol. The van der Waals surface area contributed by atoms with E-state index >= 15 is 0 Å². The lowest BCUT2D eigenvalue weighted by Crippen LogP contribution is -2.57. The van der Waals surface area contributed by atoms with E-state index in [0.29, 0.717) is 42.8 Å². The van der Waals surface area contributed by atoms with Gasteiger partial charge in [-0.05, 0) is 86.3 Å². The SMILES string of the molecule is CCCN(C[C@]1(O)CC[C@H]2C3=CC=C4C[C@@H](O)CC[C@]4(C)[C@H]3CC[C@@]21C)C(=O)Cc1ccc(OC)c(OC)c1. The number of nitrogens with zero attached hydrogens (tertiary/aromatic N) is 1. The molecule has 4 aliphatic rings. The van der Waals surface area contributed by atoms with Gasteiger partial charge in [-0.2, -0.15) is 0 Å². The summed E-state index contributed by atoms with van der Waals surface area (Å²) in [7, 11) is 3.21. The monoisotopic (exact) mass is 537 g/mol. The molecular formula is C33H47NO5. The molecule has 0 unspecified atom stereocenters. The average Bonchev–Trinajstić information content (AvgIpc) is 3.18. The number of allylic oxidation sites excluding steroid dienone is 3. The Morgan fingerprint density at radius 2 is 1.77 bits per heavy atom. The minimum absolute atomic E-state index is 0.0379. The maximum atomic E-state index is 13.6. The van der Waals surface area contributed by atoms with Crippen LogP contribution in [0.5, 0.6) is 11.5 Å². The van der Waals surface area contributed by atoms with Gasteiger partial charge in [-0.15, -0.1) is 0 Å². The maximum Gasteiger partial charge on any atom is 0.227 e. The van der Waals surface area contributed by atoms with Crippen molar-refractivity contribution >= 4 is 5.91 Å².